The molecule has 0 unspecified atom stereocenters. The summed E-state index contributed by atoms with van der Waals surface area (Å²) in [5.74, 6) is -0.156. The van der Waals surface area contributed by atoms with Gasteiger partial charge in [0.2, 0.25) is 0 Å². The zero-order valence-corrected chi connectivity index (χ0v) is 11.6. The molecule has 18 heavy (non-hydrogen) atoms. The summed E-state index contributed by atoms with van der Waals surface area (Å²) < 4.78 is 5.53. The summed E-state index contributed by atoms with van der Waals surface area (Å²) in [4.78, 5) is 12.0. The van der Waals surface area contributed by atoms with E-state index in [9.17, 15) is 4.79 Å². The van der Waals surface area contributed by atoms with Gasteiger partial charge in [0.15, 0.2) is 0 Å². The topological polar surface area (TPSA) is 38.3 Å². The molecule has 1 fully saturated rings. The highest BCUT2D eigenvalue weighted by Crippen LogP contribution is 2.23. The van der Waals surface area contributed by atoms with E-state index in [1.807, 2.05) is 6.92 Å². The van der Waals surface area contributed by atoms with Crippen molar-refractivity contribution in [1.29, 1.82) is 0 Å². The van der Waals surface area contributed by atoms with Crippen LogP contribution in [-0.2, 0) is 4.74 Å². The minimum Gasteiger partial charge on any atom is -0.376 e. The van der Waals surface area contributed by atoms with Gasteiger partial charge >= 0.3 is 0 Å². The minimum absolute atomic E-state index is 0.00514. The van der Waals surface area contributed by atoms with Crippen LogP contribution in [0.5, 0.6) is 0 Å². The van der Waals surface area contributed by atoms with Crippen molar-refractivity contribution in [3.05, 3.63) is 33.8 Å². The smallest absolute Gasteiger partial charge is 0.251 e. The number of halogens is 2. The molecule has 2 rings (SSSR count). The third-order valence-corrected chi connectivity index (χ3v) is 3.80. The Kier molecular flexibility index (Phi) is 4.49. The molecule has 1 amide bonds. The molecule has 1 saturated heterocycles. The Labute approximate surface area is 116 Å². The van der Waals surface area contributed by atoms with E-state index in [-0.39, 0.29) is 18.1 Å². The van der Waals surface area contributed by atoms with Crippen LogP contribution >= 0.6 is 23.2 Å². The van der Waals surface area contributed by atoms with Gasteiger partial charge in [-0.15, -0.1) is 0 Å². The molecule has 3 nitrogen and oxygen atoms in total. The number of benzene rings is 1. The average Bonchev–Trinajstić information content (AvgIpc) is 2.86. The van der Waals surface area contributed by atoms with Crippen molar-refractivity contribution in [2.24, 2.45) is 0 Å². The van der Waals surface area contributed by atoms with E-state index in [4.69, 9.17) is 27.9 Å². The largest absolute Gasteiger partial charge is 0.376 e. The third kappa shape index (κ3) is 3.16. The summed E-state index contributed by atoms with van der Waals surface area (Å²) in [5, 5.41) is 3.75. The van der Waals surface area contributed by atoms with Gasteiger partial charge in [-0.25, -0.2) is 0 Å². The van der Waals surface area contributed by atoms with Crippen LogP contribution in [0.4, 0.5) is 0 Å². The summed E-state index contributed by atoms with van der Waals surface area (Å²) in [6, 6.07) is 4.84. The maximum Gasteiger partial charge on any atom is 0.251 e. The van der Waals surface area contributed by atoms with Crippen molar-refractivity contribution in [3.63, 3.8) is 0 Å². The zero-order valence-electron chi connectivity index (χ0n) is 10.1. The summed E-state index contributed by atoms with van der Waals surface area (Å²) >= 11 is 11.7. The lowest BCUT2D eigenvalue weighted by molar-refractivity contribution is 0.0712. The van der Waals surface area contributed by atoms with E-state index >= 15 is 0 Å². The number of rotatable bonds is 3. The maximum absolute atomic E-state index is 12.0. The van der Waals surface area contributed by atoms with Crippen LogP contribution in [0, 0.1) is 0 Å². The molecule has 5 heteroatoms. The number of hydrogen-bond acceptors (Lipinski definition) is 2. The van der Waals surface area contributed by atoms with Crippen LogP contribution < -0.4 is 5.32 Å². The van der Waals surface area contributed by atoms with E-state index in [1.54, 1.807) is 18.2 Å². The number of nitrogens with one attached hydrogen (secondary N) is 1. The van der Waals surface area contributed by atoms with Gasteiger partial charge in [-0.2, -0.15) is 0 Å². The average molecular weight is 288 g/mol. The fraction of sp³-hybridized carbons (Fsp3) is 0.462. The Morgan fingerprint density at radius 2 is 2.22 bits per heavy atom. The van der Waals surface area contributed by atoms with Gasteiger partial charge in [0.25, 0.3) is 5.91 Å². The second-order valence-corrected chi connectivity index (χ2v) is 5.26. The molecule has 2 atom stereocenters. The number of ether oxygens (including phenoxy) is 1. The molecule has 98 valence electrons. The predicted molar refractivity (Wildman–Crippen MR) is 72.4 cm³/mol. The fourth-order valence-electron chi connectivity index (χ4n) is 2.02. The van der Waals surface area contributed by atoms with Crippen molar-refractivity contribution in [2.75, 3.05) is 6.61 Å². The first-order valence-corrected chi connectivity index (χ1v) is 6.71. The molecule has 1 aromatic rings. The Hall–Kier alpha value is -0.770. The molecule has 0 aromatic heterocycles. The van der Waals surface area contributed by atoms with Crippen LogP contribution in [-0.4, -0.2) is 24.7 Å². The molecule has 0 saturated carbocycles. The summed E-state index contributed by atoms with van der Waals surface area (Å²) in [7, 11) is 0. The van der Waals surface area contributed by atoms with Gasteiger partial charge in [-0.05, 0) is 38.0 Å². The molecule has 1 heterocycles. The Bertz CT molecular complexity index is 445. The van der Waals surface area contributed by atoms with E-state index < -0.39 is 0 Å². The van der Waals surface area contributed by atoms with Gasteiger partial charge in [0, 0.05) is 12.2 Å². The van der Waals surface area contributed by atoms with Crippen LogP contribution in [0.1, 0.15) is 30.1 Å². The number of hydrogen-bond donors (Lipinski definition) is 1. The highest BCUT2D eigenvalue weighted by Gasteiger charge is 2.24. The second kappa shape index (κ2) is 5.91. The van der Waals surface area contributed by atoms with Gasteiger partial charge in [0.05, 0.1) is 22.2 Å². The molecule has 0 bridgehead atoms. The Morgan fingerprint density at radius 1 is 1.44 bits per heavy atom. The molecule has 0 aliphatic carbocycles. The summed E-state index contributed by atoms with van der Waals surface area (Å²) in [6.45, 7) is 2.73. The third-order valence-electron chi connectivity index (χ3n) is 3.06. The first kappa shape index (κ1) is 13.7. The first-order chi connectivity index (χ1) is 8.58. The number of amides is 1. The number of carbonyl (C=O) groups is 1. The summed E-state index contributed by atoms with van der Waals surface area (Å²) in [6.07, 6.45) is 2.15. The lowest BCUT2D eigenvalue weighted by atomic mass is 10.1. The predicted octanol–water partition coefficient (Wildman–Crippen LogP) is 3.29. The van der Waals surface area contributed by atoms with Crippen molar-refractivity contribution in [1.82, 2.24) is 5.32 Å². The molecular formula is C13H15Cl2NO2. The Balaban J connectivity index is 2.00. The number of carbonyl (C=O) groups excluding carboxylic acids is 1. The molecule has 0 radical (unpaired) electrons. The first-order valence-electron chi connectivity index (χ1n) is 5.95. The molecule has 1 aliphatic heterocycles. The van der Waals surface area contributed by atoms with Crippen molar-refractivity contribution >= 4 is 29.1 Å². The normalized spacial score (nSPS) is 20.7. The van der Waals surface area contributed by atoms with E-state index in [0.29, 0.717) is 15.6 Å². The van der Waals surface area contributed by atoms with Crippen molar-refractivity contribution in [2.45, 2.75) is 31.9 Å². The van der Waals surface area contributed by atoms with Gasteiger partial charge < -0.3 is 10.1 Å². The SMILES string of the molecule is C[C@@H](NC(=O)c1ccc(Cl)c(Cl)c1)[C@H]1CCCO1. The molecular weight excluding hydrogens is 273 g/mol. The fourth-order valence-corrected chi connectivity index (χ4v) is 2.32. The maximum atomic E-state index is 12.0. The van der Waals surface area contributed by atoms with E-state index in [2.05, 4.69) is 5.32 Å². The minimum atomic E-state index is -0.156. The van der Waals surface area contributed by atoms with E-state index in [1.165, 1.54) is 0 Å². The summed E-state index contributed by atoms with van der Waals surface area (Å²) in [5.41, 5.74) is 0.509. The van der Waals surface area contributed by atoms with Crippen molar-refractivity contribution in [3.8, 4) is 0 Å². The lowest BCUT2D eigenvalue weighted by Crippen LogP contribution is -2.40. The van der Waals surface area contributed by atoms with Crippen LogP contribution in [0.15, 0.2) is 18.2 Å². The van der Waals surface area contributed by atoms with Gasteiger partial charge in [-0.3, -0.25) is 4.79 Å². The molecule has 1 aliphatic rings. The highest BCUT2D eigenvalue weighted by molar-refractivity contribution is 6.42. The quantitative estimate of drug-likeness (QED) is 0.926. The molecule has 0 spiro atoms. The zero-order chi connectivity index (χ0) is 13.1. The second-order valence-electron chi connectivity index (χ2n) is 4.44. The van der Waals surface area contributed by atoms with Crippen molar-refractivity contribution < 1.29 is 9.53 Å². The van der Waals surface area contributed by atoms with E-state index in [0.717, 1.165) is 19.4 Å². The molecule has 1 aromatic carbocycles. The highest BCUT2D eigenvalue weighted by atomic mass is 35.5. The van der Waals surface area contributed by atoms with Crippen LogP contribution in [0.25, 0.3) is 0 Å². The van der Waals surface area contributed by atoms with Crippen LogP contribution in [0.2, 0.25) is 10.0 Å². The Morgan fingerprint density at radius 3 is 2.83 bits per heavy atom. The standard InChI is InChI=1S/C13H15Cl2NO2/c1-8(12-3-2-6-18-12)16-13(17)9-4-5-10(14)11(15)7-9/h4-5,7-8,12H,2-3,6H2,1H3,(H,16,17)/t8-,12-/m1/s1. The monoisotopic (exact) mass is 287 g/mol. The van der Waals surface area contributed by atoms with Gasteiger partial charge in [0.1, 0.15) is 0 Å². The lowest BCUT2D eigenvalue weighted by Gasteiger charge is -2.20. The molecule has 1 N–H and O–H groups in total. The van der Waals surface area contributed by atoms with Gasteiger partial charge in [-0.1, -0.05) is 23.2 Å². The van der Waals surface area contributed by atoms with Crippen LogP contribution in [0.3, 0.4) is 0 Å².